The minimum Gasteiger partial charge on any atom is -0.493 e. The molecule has 144 valence electrons. The number of hydrogen-bond acceptors (Lipinski definition) is 5. The molecular weight excluding hydrogens is 396 g/mol. The van der Waals surface area contributed by atoms with Crippen molar-refractivity contribution in [2.24, 2.45) is 5.92 Å². The lowest BCUT2D eigenvalue weighted by Gasteiger charge is -2.25. The van der Waals surface area contributed by atoms with Crippen LogP contribution in [-0.2, 0) is 23.8 Å². The van der Waals surface area contributed by atoms with Crippen LogP contribution < -0.4 is 0 Å². The lowest BCUT2D eigenvalue weighted by Crippen LogP contribution is -2.33. The zero-order valence-corrected chi connectivity index (χ0v) is 19.9. The average molecular weight is 426 g/mol. The summed E-state index contributed by atoms with van der Waals surface area (Å²) in [6.07, 6.45) is 2.36. The van der Waals surface area contributed by atoms with Gasteiger partial charge in [-0.2, -0.15) is 0 Å². The fourth-order valence-electron chi connectivity index (χ4n) is 1.26. The molecule has 25 heavy (non-hydrogen) atoms. The van der Waals surface area contributed by atoms with Gasteiger partial charge < -0.3 is 14.2 Å². The second-order valence-electron chi connectivity index (χ2n) is 6.56. The normalized spacial score (nSPS) is 13.6. The van der Waals surface area contributed by atoms with Gasteiger partial charge in [-0.25, -0.2) is 4.79 Å². The van der Waals surface area contributed by atoms with E-state index in [1.54, 1.807) is 13.0 Å². The standard InChI is InChI=1S/C16H30O5P4/c1-10(2)6-7-13(17)21-12(8-19-11(3)15(4,22)23)9-20-14(18)16(5,24)25/h6-7,10,12H,3,8-9,22-25H2,1-2,4-5H3/b7-6-. The number of hydrogen-bond donors (Lipinski definition) is 0. The topological polar surface area (TPSA) is 61.8 Å². The van der Waals surface area contributed by atoms with Crippen molar-refractivity contribution in [1.29, 1.82) is 0 Å². The van der Waals surface area contributed by atoms with Crippen LogP contribution in [0.15, 0.2) is 24.5 Å². The van der Waals surface area contributed by atoms with Gasteiger partial charge in [0.25, 0.3) is 0 Å². The van der Waals surface area contributed by atoms with E-state index < -0.39 is 27.8 Å². The van der Waals surface area contributed by atoms with Crippen molar-refractivity contribution < 1.29 is 23.8 Å². The molecule has 0 saturated carbocycles. The number of allylic oxidation sites excluding steroid dienone is 2. The molecule has 0 aliphatic heterocycles. The maximum Gasteiger partial charge on any atom is 0.330 e. The molecule has 0 radical (unpaired) electrons. The summed E-state index contributed by atoms with van der Waals surface area (Å²) in [5, 5.41) is 0. The summed E-state index contributed by atoms with van der Waals surface area (Å²) in [5.74, 6) is -0.232. The molecule has 0 heterocycles. The van der Waals surface area contributed by atoms with Gasteiger partial charge in [0.2, 0.25) is 0 Å². The van der Waals surface area contributed by atoms with Gasteiger partial charge in [0.1, 0.15) is 19.0 Å². The van der Waals surface area contributed by atoms with E-state index in [2.05, 4.69) is 43.5 Å². The van der Waals surface area contributed by atoms with E-state index in [9.17, 15) is 9.59 Å². The minimum absolute atomic E-state index is 0.0379. The van der Waals surface area contributed by atoms with Gasteiger partial charge in [0.05, 0.1) is 9.79 Å². The molecule has 0 N–H and O–H groups in total. The van der Waals surface area contributed by atoms with E-state index in [1.165, 1.54) is 6.08 Å². The lowest BCUT2D eigenvalue weighted by molar-refractivity contribution is -0.158. The average Bonchev–Trinajstić information content (AvgIpc) is 2.44. The Balaban J connectivity index is 4.84. The number of esters is 2. The first-order chi connectivity index (χ1) is 11.2. The quantitative estimate of drug-likeness (QED) is 0.233. The number of carbonyl (C=O) groups is 2. The molecule has 0 bridgehead atoms. The van der Waals surface area contributed by atoms with E-state index >= 15 is 0 Å². The first kappa shape index (κ1) is 24.9. The highest BCUT2D eigenvalue weighted by Crippen LogP contribution is 2.34. The predicted octanol–water partition coefficient (Wildman–Crippen LogP) is 3.12. The van der Waals surface area contributed by atoms with Crippen molar-refractivity contribution in [3.8, 4) is 0 Å². The van der Waals surface area contributed by atoms with Crippen molar-refractivity contribution in [2.45, 2.75) is 43.6 Å². The second kappa shape index (κ2) is 10.9. The fraction of sp³-hybridized carbons (Fsp3) is 0.625. The first-order valence-electron chi connectivity index (χ1n) is 7.77. The molecule has 0 aliphatic rings. The molecule has 0 spiro atoms. The van der Waals surface area contributed by atoms with Crippen molar-refractivity contribution >= 4 is 48.9 Å². The third kappa shape index (κ3) is 12.0. The Hall–Kier alpha value is -0.0600. The summed E-state index contributed by atoms with van der Waals surface area (Å²) in [6.45, 7) is 11.3. The SMILES string of the molecule is C=C(OCC(COC(=O)C(C)(P)P)OC(=O)/C=C\C(C)C)C(C)(P)P. The van der Waals surface area contributed by atoms with Gasteiger partial charge in [0, 0.05) is 6.08 Å². The van der Waals surface area contributed by atoms with Gasteiger partial charge in [-0.1, -0.05) is 26.5 Å². The summed E-state index contributed by atoms with van der Waals surface area (Å²) in [7, 11) is 9.92. The molecule has 0 aromatic rings. The van der Waals surface area contributed by atoms with Crippen LogP contribution in [0.2, 0.25) is 0 Å². The largest absolute Gasteiger partial charge is 0.493 e. The smallest absolute Gasteiger partial charge is 0.330 e. The zero-order valence-electron chi connectivity index (χ0n) is 15.3. The molecule has 0 rings (SSSR count). The zero-order chi connectivity index (χ0) is 19.8. The molecule has 0 aromatic carbocycles. The highest BCUT2D eigenvalue weighted by molar-refractivity contribution is 7.42. The van der Waals surface area contributed by atoms with Crippen LogP contribution in [0, 0.1) is 5.92 Å². The van der Waals surface area contributed by atoms with Gasteiger partial charge >= 0.3 is 11.9 Å². The molecule has 5 atom stereocenters. The lowest BCUT2D eigenvalue weighted by atomic mass is 10.2. The number of ether oxygens (including phenoxy) is 3. The third-order valence-corrected chi connectivity index (χ3v) is 3.90. The fourth-order valence-corrected chi connectivity index (χ4v) is 1.60. The molecule has 0 saturated heterocycles. The Kier molecular flexibility index (Phi) is 10.9. The van der Waals surface area contributed by atoms with Crippen LogP contribution in [0.3, 0.4) is 0 Å². The van der Waals surface area contributed by atoms with Gasteiger partial charge in [-0.05, 0) is 19.8 Å². The van der Waals surface area contributed by atoms with Crippen molar-refractivity contribution in [3.63, 3.8) is 0 Å². The molecule has 5 unspecified atom stereocenters. The van der Waals surface area contributed by atoms with Gasteiger partial charge in [-0.3, -0.25) is 4.79 Å². The van der Waals surface area contributed by atoms with Crippen LogP contribution in [0.4, 0.5) is 0 Å². The molecule has 0 amide bonds. The first-order valence-corrected chi connectivity index (χ1v) is 10.1. The summed E-state index contributed by atoms with van der Waals surface area (Å²) in [6, 6.07) is 0. The van der Waals surface area contributed by atoms with Gasteiger partial charge in [0.15, 0.2) is 6.10 Å². The summed E-state index contributed by atoms with van der Waals surface area (Å²) >= 11 is 0. The van der Waals surface area contributed by atoms with E-state index in [1.807, 2.05) is 20.8 Å². The number of carbonyl (C=O) groups excluding carboxylic acids is 2. The number of rotatable bonds is 10. The van der Waals surface area contributed by atoms with E-state index in [-0.39, 0.29) is 19.1 Å². The minimum atomic E-state index is -0.796. The Labute approximate surface area is 160 Å². The van der Waals surface area contributed by atoms with E-state index in [0.29, 0.717) is 5.76 Å². The highest BCUT2D eigenvalue weighted by atomic mass is 31.1. The molecule has 5 nitrogen and oxygen atoms in total. The maximum absolute atomic E-state index is 11.9. The third-order valence-electron chi connectivity index (χ3n) is 2.78. The monoisotopic (exact) mass is 426 g/mol. The molecular formula is C16H30O5P4. The summed E-state index contributed by atoms with van der Waals surface area (Å²) in [5.41, 5.74) is 0. The summed E-state index contributed by atoms with van der Waals surface area (Å²) in [4.78, 5) is 22.6. The van der Waals surface area contributed by atoms with Gasteiger partial charge in [-0.15, -0.1) is 37.0 Å². The Morgan fingerprint density at radius 2 is 1.56 bits per heavy atom. The van der Waals surface area contributed by atoms with Crippen LogP contribution in [-0.4, -0.2) is 41.1 Å². The Morgan fingerprint density at radius 3 is 2.00 bits per heavy atom. The predicted molar refractivity (Wildman–Crippen MR) is 116 cm³/mol. The van der Waals surface area contributed by atoms with Crippen molar-refractivity contribution in [1.82, 2.24) is 0 Å². The van der Waals surface area contributed by atoms with E-state index in [4.69, 9.17) is 14.2 Å². The maximum atomic E-state index is 11.9. The molecule has 0 aromatic heterocycles. The molecule has 0 fully saturated rings. The van der Waals surface area contributed by atoms with Crippen LogP contribution in [0.5, 0.6) is 0 Å². The Morgan fingerprint density at radius 1 is 1.04 bits per heavy atom. The second-order valence-corrected chi connectivity index (χ2v) is 12.7. The van der Waals surface area contributed by atoms with E-state index in [0.717, 1.165) is 0 Å². The van der Waals surface area contributed by atoms with Crippen molar-refractivity contribution in [3.05, 3.63) is 24.5 Å². The van der Waals surface area contributed by atoms with Crippen LogP contribution >= 0.6 is 37.0 Å². The highest BCUT2D eigenvalue weighted by Gasteiger charge is 2.26. The molecule has 9 heteroatoms. The van der Waals surface area contributed by atoms with Crippen LogP contribution in [0.25, 0.3) is 0 Å². The molecule has 0 aliphatic carbocycles. The Bertz CT molecular complexity index is 474. The summed E-state index contributed by atoms with van der Waals surface area (Å²) < 4.78 is 16.1. The van der Waals surface area contributed by atoms with Crippen LogP contribution in [0.1, 0.15) is 27.7 Å². The van der Waals surface area contributed by atoms with Crippen molar-refractivity contribution in [2.75, 3.05) is 13.2 Å².